The van der Waals surface area contributed by atoms with Gasteiger partial charge in [-0.1, -0.05) is 12.1 Å². The van der Waals surface area contributed by atoms with Crippen LogP contribution in [0.5, 0.6) is 0 Å². The molecule has 2 aromatic rings. The van der Waals surface area contributed by atoms with Crippen LogP contribution in [0.25, 0.3) is 10.9 Å². The fourth-order valence-electron chi connectivity index (χ4n) is 2.59. The number of nitrogen functional groups attached to an aromatic ring is 1. The first-order valence-electron chi connectivity index (χ1n) is 6.86. The third kappa shape index (κ3) is 2.72. The molecule has 0 aliphatic carbocycles. The number of fused-ring (bicyclic) bond motifs is 1. The van der Waals surface area contributed by atoms with Gasteiger partial charge in [-0.25, -0.2) is 0 Å². The summed E-state index contributed by atoms with van der Waals surface area (Å²) in [5.74, 6) is 0.627. The van der Waals surface area contributed by atoms with Gasteiger partial charge in [-0.15, -0.1) is 0 Å². The number of hydrogen-bond acceptors (Lipinski definition) is 4. The van der Waals surface area contributed by atoms with Gasteiger partial charge in [0.15, 0.2) is 5.82 Å². The molecule has 1 saturated heterocycles. The van der Waals surface area contributed by atoms with E-state index in [1.54, 1.807) is 0 Å². The Bertz CT molecular complexity index is 545. The van der Waals surface area contributed by atoms with E-state index >= 15 is 0 Å². The second-order valence-electron chi connectivity index (χ2n) is 4.93. The second-order valence-corrected chi connectivity index (χ2v) is 4.93. The van der Waals surface area contributed by atoms with Gasteiger partial charge >= 0.3 is 0 Å². The third-order valence-electron chi connectivity index (χ3n) is 3.63. The van der Waals surface area contributed by atoms with Crippen molar-refractivity contribution in [3.05, 3.63) is 24.3 Å². The molecule has 1 aliphatic rings. The van der Waals surface area contributed by atoms with Crippen LogP contribution in [0.15, 0.2) is 24.3 Å². The average Bonchev–Trinajstić information content (AvgIpc) is 2.78. The van der Waals surface area contributed by atoms with Gasteiger partial charge in [0.2, 0.25) is 0 Å². The second kappa shape index (κ2) is 5.59. The molecule has 1 aromatic heterocycles. The number of anilines is 1. The van der Waals surface area contributed by atoms with Crippen molar-refractivity contribution in [2.75, 3.05) is 38.6 Å². The first-order valence-corrected chi connectivity index (χ1v) is 6.86. The van der Waals surface area contributed by atoms with E-state index in [2.05, 4.69) is 16.1 Å². The number of aromatic nitrogens is 2. The van der Waals surface area contributed by atoms with Crippen molar-refractivity contribution in [2.45, 2.75) is 13.0 Å². The molecular weight excluding hydrogens is 240 g/mol. The quantitative estimate of drug-likeness (QED) is 0.901. The Balaban J connectivity index is 1.62. The van der Waals surface area contributed by atoms with Crippen molar-refractivity contribution in [1.82, 2.24) is 14.7 Å². The highest BCUT2D eigenvalue weighted by atomic mass is 16.5. The number of hydrogen-bond donors (Lipinski definition) is 1. The van der Waals surface area contributed by atoms with Gasteiger partial charge in [-0.05, 0) is 18.6 Å². The number of aryl methyl sites for hydroxylation is 1. The van der Waals surface area contributed by atoms with Gasteiger partial charge in [0.05, 0.1) is 18.7 Å². The summed E-state index contributed by atoms with van der Waals surface area (Å²) in [7, 11) is 0. The standard InChI is InChI=1S/C14H20N4O/c15-14-12-4-1-2-5-13(12)18(16-14)7-3-6-17-8-10-19-11-9-17/h1-2,4-5H,3,6-11H2,(H2,15,16). The van der Waals surface area contributed by atoms with E-state index < -0.39 is 0 Å². The predicted molar refractivity (Wildman–Crippen MR) is 76.0 cm³/mol. The molecule has 0 radical (unpaired) electrons. The van der Waals surface area contributed by atoms with Crippen LogP contribution in [0.3, 0.4) is 0 Å². The summed E-state index contributed by atoms with van der Waals surface area (Å²) >= 11 is 0. The van der Waals surface area contributed by atoms with Crippen molar-refractivity contribution < 1.29 is 4.74 Å². The molecule has 19 heavy (non-hydrogen) atoms. The molecule has 2 heterocycles. The highest BCUT2D eigenvalue weighted by Crippen LogP contribution is 2.20. The number of ether oxygens (including phenoxy) is 1. The van der Waals surface area contributed by atoms with Crippen LogP contribution in [-0.2, 0) is 11.3 Å². The predicted octanol–water partition coefficient (Wildman–Crippen LogP) is 1.34. The largest absolute Gasteiger partial charge is 0.382 e. The van der Waals surface area contributed by atoms with Gasteiger partial charge in [-0.3, -0.25) is 9.58 Å². The summed E-state index contributed by atoms with van der Waals surface area (Å²) in [5.41, 5.74) is 7.06. The molecular formula is C14H20N4O. The first-order chi connectivity index (χ1) is 9.34. The number of nitrogens with zero attached hydrogens (tertiary/aromatic N) is 3. The lowest BCUT2D eigenvalue weighted by molar-refractivity contribution is 0.0368. The Kier molecular flexibility index (Phi) is 3.66. The van der Waals surface area contributed by atoms with E-state index in [1.165, 1.54) is 0 Å². The lowest BCUT2D eigenvalue weighted by Gasteiger charge is -2.26. The normalized spacial score (nSPS) is 17.1. The summed E-state index contributed by atoms with van der Waals surface area (Å²) < 4.78 is 7.37. The van der Waals surface area contributed by atoms with Gasteiger partial charge < -0.3 is 10.5 Å². The van der Waals surface area contributed by atoms with Crippen molar-refractivity contribution >= 4 is 16.7 Å². The van der Waals surface area contributed by atoms with Gasteiger partial charge in [-0.2, -0.15) is 5.10 Å². The van der Waals surface area contributed by atoms with Crippen LogP contribution in [0.2, 0.25) is 0 Å². The van der Waals surface area contributed by atoms with Gasteiger partial charge in [0.1, 0.15) is 0 Å². The minimum absolute atomic E-state index is 0.627. The molecule has 102 valence electrons. The minimum atomic E-state index is 0.627. The first kappa shape index (κ1) is 12.4. The Morgan fingerprint density at radius 1 is 1.16 bits per heavy atom. The maximum atomic E-state index is 5.93. The Morgan fingerprint density at radius 2 is 1.95 bits per heavy atom. The molecule has 1 fully saturated rings. The lowest BCUT2D eigenvalue weighted by Crippen LogP contribution is -2.37. The van der Waals surface area contributed by atoms with E-state index in [1.807, 2.05) is 22.9 Å². The van der Waals surface area contributed by atoms with Crippen LogP contribution in [0.1, 0.15) is 6.42 Å². The summed E-state index contributed by atoms with van der Waals surface area (Å²) in [5, 5.41) is 5.47. The van der Waals surface area contributed by atoms with Gasteiger partial charge in [0.25, 0.3) is 0 Å². The fourth-order valence-corrected chi connectivity index (χ4v) is 2.59. The third-order valence-corrected chi connectivity index (χ3v) is 3.63. The number of morpholine rings is 1. The maximum absolute atomic E-state index is 5.93. The van der Waals surface area contributed by atoms with Crippen LogP contribution in [0, 0.1) is 0 Å². The van der Waals surface area contributed by atoms with E-state index in [4.69, 9.17) is 10.5 Å². The van der Waals surface area contributed by atoms with Crippen LogP contribution < -0.4 is 5.73 Å². The fraction of sp³-hybridized carbons (Fsp3) is 0.500. The summed E-state index contributed by atoms with van der Waals surface area (Å²) in [4.78, 5) is 2.44. The lowest BCUT2D eigenvalue weighted by atomic mass is 10.2. The van der Waals surface area contributed by atoms with E-state index in [9.17, 15) is 0 Å². The summed E-state index contributed by atoms with van der Waals surface area (Å²) in [6, 6.07) is 8.13. The number of nitrogens with two attached hydrogens (primary N) is 1. The molecule has 1 aliphatic heterocycles. The molecule has 0 atom stereocenters. The topological polar surface area (TPSA) is 56.3 Å². The average molecular weight is 260 g/mol. The molecule has 0 saturated carbocycles. The molecule has 5 heteroatoms. The zero-order chi connectivity index (χ0) is 13.1. The van der Waals surface area contributed by atoms with E-state index in [-0.39, 0.29) is 0 Å². The van der Waals surface area contributed by atoms with Crippen LogP contribution in [0.4, 0.5) is 5.82 Å². The molecule has 2 N–H and O–H groups in total. The number of rotatable bonds is 4. The Labute approximate surface area is 112 Å². The highest BCUT2D eigenvalue weighted by Gasteiger charge is 2.11. The molecule has 3 rings (SSSR count). The number of benzene rings is 1. The van der Waals surface area contributed by atoms with Crippen LogP contribution in [-0.4, -0.2) is 47.5 Å². The highest BCUT2D eigenvalue weighted by molar-refractivity contribution is 5.88. The van der Waals surface area contributed by atoms with Crippen molar-refractivity contribution in [3.63, 3.8) is 0 Å². The monoisotopic (exact) mass is 260 g/mol. The molecule has 0 spiro atoms. The summed E-state index contributed by atoms with van der Waals surface area (Å²) in [6.45, 7) is 5.81. The molecule has 0 unspecified atom stereocenters. The molecule has 0 amide bonds. The molecule has 5 nitrogen and oxygen atoms in total. The molecule has 0 bridgehead atoms. The Hall–Kier alpha value is -1.59. The van der Waals surface area contributed by atoms with Crippen LogP contribution >= 0.6 is 0 Å². The van der Waals surface area contributed by atoms with Gasteiger partial charge in [0, 0.05) is 31.6 Å². The zero-order valence-electron chi connectivity index (χ0n) is 11.1. The van der Waals surface area contributed by atoms with Crippen molar-refractivity contribution in [2.24, 2.45) is 0 Å². The van der Waals surface area contributed by atoms with E-state index in [0.29, 0.717) is 5.82 Å². The van der Waals surface area contributed by atoms with Crippen molar-refractivity contribution in [3.8, 4) is 0 Å². The Morgan fingerprint density at radius 3 is 2.79 bits per heavy atom. The molecule has 1 aromatic carbocycles. The SMILES string of the molecule is Nc1nn(CCCN2CCOCC2)c2ccccc12. The van der Waals surface area contributed by atoms with Crippen molar-refractivity contribution in [1.29, 1.82) is 0 Å². The number of para-hydroxylation sites is 1. The minimum Gasteiger partial charge on any atom is -0.382 e. The maximum Gasteiger partial charge on any atom is 0.153 e. The zero-order valence-corrected chi connectivity index (χ0v) is 11.1. The summed E-state index contributed by atoms with van der Waals surface area (Å²) in [6.07, 6.45) is 1.09. The smallest absolute Gasteiger partial charge is 0.153 e. The van der Waals surface area contributed by atoms with E-state index in [0.717, 1.165) is 56.7 Å².